The van der Waals surface area contributed by atoms with E-state index >= 15 is 0 Å². The molecule has 0 saturated heterocycles. The molecule has 0 aliphatic rings. The highest BCUT2D eigenvalue weighted by molar-refractivity contribution is 14.1. The highest BCUT2D eigenvalue weighted by Crippen LogP contribution is 2.27. The standard InChI is InChI=1S/C20H25BFIN4O4/c1-6-15(20(3,4)5)27(19(29)17-24-11(2)9-16(23)25-17)26-18(28)13-8-7-12(21(30)31)10-14(13)22/h7-10,15,30-31H,6H2,1-5H3,(H,26,28)/t15-/m1/s1. The number of rotatable bonds is 5. The maximum absolute atomic E-state index is 14.4. The number of hydrazine groups is 1. The van der Waals surface area contributed by atoms with E-state index in [1.807, 2.05) is 50.3 Å². The molecule has 0 unspecified atom stereocenters. The number of hydrogen-bond donors (Lipinski definition) is 3. The second-order valence-electron chi connectivity index (χ2n) is 8.17. The van der Waals surface area contributed by atoms with Gasteiger partial charge in [-0.05, 0) is 65.0 Å². The van der Waals surface area contributed by atoms with E-state index in [0.717, 1.165) is 17.1 Å². The van der Waals surface area contributed by atoms with Crippen LogP contribution in [0, 0.1) is 21.9 Å². The molecule has 3 N–H and O–H groups in total. The lowest BCUT2D eigenvalue weighted by Crippen LogP contribution is -2.56. The molecule has 0 spiro atoms. The zero-order valence-electron chi connectivity index (χ0n) is 18.0. The third-order valence-electron chi connectivity index (χ3n) is 4.69. The third-order valence-corrected chi connectivity index (χ3v) is 5.24. The molecule has 0 bridgehead atoms. The normalized spacial score (nSPS) is 12.3. The van der Waals surface area contributed by atoms with Gasteiger partial charge in [0, 0.05) is 5.69 Å². The van der Waals surface area contributed by atoms with Crippen LogP contribution < -0.4 is 10.9 Å². The van der Waals surface area contributed by atoms with Gasteiger partial charge in [-0.15, -0.1) is 0 Å². The molecule has 0 aliphatic heterocycles. The van der Waals surface area contributed by atoms with Crippen LogP contribution in [0.25, 0.3) is 0 Å². The Morgan fingerprint density at radius 2 is 1.90 bits per heavy atom. The molecule has 1 heterocycles. The first kappa shape index (κ1) is 25.1. The molecule has 0 fully saturated rings. The topological polar surface area (TPSA) is 116 Å². The van der Waals surface area contributed by atoms with E-state index in [9.17, 15) is 24.0 Å². The fraction of sp³-hybridized carbons (Fsp3) is 0.400. The zero-order valence-corrected chi connectivity index (χ0v) is 20.1. The van der Waals surface area contributed by atoms with E-state index < -0.39 is 36.2 Å². The highest BCUT2D eigenvalue weighted by atomic mass is 127. The molecule has 31 heavy (non-hydrogen) atoms. The molecule has 11 heteroatoms. The predicted molar refractivity (Wildman–Crippen MR) is 123 cm³/mol. The lowest BCUT2D eigenvalue weighted by atomic mass is 9.80. The number of aromatic nitrogens is 2. The van der Waals surface area contributed by atoms with E-state index in [0.29, 0.717) is 15.8 Å². The number of nitrogens with zero attached hydrogens (tertiary/aromatic N) is 3. The Hall–Kier alpha value is -2.12. The number of halogens is 2. The maximum Gasteiger partial charge on any atom is 0.488 e. The van der Waals surface area contributed by atoms with Crippen LogP contribution in [0.3, 0.4) is 0 Å². The molecule has 1 aromatic carbocycles. The van der Waals surface area contributed by atoms with Crippen molar-refractivity contribution in [2.24, 2.45) is 5.41 Å². The van der Waals surface area contributed by atoms with Gasteiger partial charge in [-0.3, -0.25) is 15.0 Å². The first-order valence-corrected chi connectivity index (χ1v) is 10.7. The van der Waals surface area contributed by atoms with Crippen molar-refractivity contribution in [3.05, 3.63) is 50.9 Å². The summed E-state index contributed by atoms with van der Waals surface area (Å²) in [4.78, 5) is 34.6. The minimum atomic E-state index is -1.86. The molecule has 0 saturated carbocycles. The van der Waals surface area contributed by atoms with Crippen LogP contribution in [0.15, 0.2) is 24.3 Å². The van der Waals surface area contributed by atoms with Gasteiger partial charge in [0.15, 0.2) is 0 Å². The fourth-order valence-electron chi connectivity index (χ4n) is 3.23. The van der Waals surface area contributed by atoms with Gasteiger partial charge in [-0.25, -0.2) is 19.4 Å². The van der Waals surface area contributed by atoms with Crippen molar-refractivity contribution >= 4 is 47.0 Å². The predicted octanol–water partition coefficient (Wildman–Crippen LogP) is 1.82. The van der Waals surface area contributed by atoms with E-state index in [2.05, 4.69) is 15.4 Å². The molecule has 1 atom stereocenters. The average Bonchev–Trinajstić information content (AvgIpc) is 2.65. The van der Waals surface area contributed by atoms with Crippen LogP contribution in [0.5, 0.6) is 0 Å². The SMILES string of the molecule is CC[C@@H](N(NC(=O)c1ccc(B(O)O)cc1F)C(=O)c1nc(C)cc(I)n1)C(C)(C)C. The minimum Gasteiger partial charge on any atom is -0.423 e. The van der Waals surface area contributed by atoms with Gasteiger partial charge in [0.2, 0.25) is 5.82 Å². The molecular weight excluding hydrogens is 517 g/mol. The molecule has 2 rings (SSSR count). The summed E-state index contributed by atoms with van der Waals surface area (Å²) < 4.78 is 15.0. The largest absolute Gasteiger partial charge is 0.488 e. The number of hydrogen-bond acceptors (Lipinski definition) is 6. The Morgan fingerprint density at radius 3 is 2.39 bits per heavy atom. The summed E-state index contributed by atoms with van der Waals surface area (Å²) in [5, 5.41) is 19.5. The van der Waals surface area contributed by atoms with Crippen molar-refractivity contribution < 1.29 is 24.0 Å². The number of carbonyl (C=O) groups excluding carboxylic acids is 2. The van der Waals surface area contributed by atoms with Crippen LogP contribution in [-0.4, -0.2) is 50.0 Å². The van der Waals surface area contributed by atoms with Gasteiger partial charge in [0.25, 0.3) is 5.91 Å². The molecule has 1 aromatic heterocycles. The zero-order chi connectivity index (χ0) is 23.5. The molecule has 0 radical (unpaired) electrons. The Kier molecular flexibility index (Phi) is 8.12. The van der Waals surface area contributed by atoms with Crippen molar-refractivity contribution in [1.82, 2.24) is 20.4 Å². The monoisotopic (exact) mass is 542 g/mol. The average molecular weight is 542 g/mol. The first-order chi connectivity index (χ1) is 14.3. The second kappa shape index (κ2) is 10.0. The first-order valence-electron chi connectivity index (χ1n) is 9.66. The van der Waals surface area contributed by atoms with Crippen LogP contribution in [-0.2, 0) is 0 Å². The van der Waals surface area contributed by atoms with Gasteiger partial charge in [0.1, 0.15) is 9.52 Å². The Labute approximate surface area is 194 Å². The smallest absolute Gasteiger partial charge is 0.423 e. The summed E-state index contributed by atoms with van der Waals surface area (Å²) in [6.07, 6.45) is 0.510. The van der Waals surface area contributed by atoms with E-state index in [-0.39, 0.29) is 16.9 Å². The summed E-state index contributed by atoms with van der Waals surface area (Å²) in [5.74, 6) is -2.48. The van der Waals surface area contributed by atoms with Gasteiger partial charge >= 0.3 is 13.0 Å². The second-order valence-corrected chi connectivity index (χ2v) is 9.28. The molecule has 8 nitrogen and oxygen atoms in total. The van der Waals surface area contributed by atoms with Gasteiger partial charge in [-0.1, -0.05) is 33.8 Å². The summed E-state index contributed by atoms with van der Waals surface area (Å²) in [7, 11) is -1.86. The summed E-state index contributed by atoms with van der Waals surface area (Å²) in [6, 6.07) is 4.49. The van der Waals surface area contributed by atoms with Crippen molar-refractivity contribution in [2.45, 2.75) is 47.1 Å². The van der Waals surface area contributed by atoms with Crippen molar-refractivity contribution in [3.63, 3.8) is 0 Å². The van der Waals surface area contributed by atoms with E-state index in [4.69, 9.17) is 0 Å². The van der Waals surface area contributed by atoms with Crippen molar-refractivity contribution in [1.29, 1.82) is 0 Å². The Morgan fingerprint density at radius 1 is 1.26 bits per heavy atom. The molecule has 2 amide bonds. The van der Waals surface area contributed by atoms with Crippen LogP contribution in [0.4, 0.5) is 4.39 Å². The summed E-state index contributed by atoms with van der Waals surface area (Å²) in [5.41, 5.74) is 2.26. The number of aryl methyl sites for hydroxylation is 1. The lowest BCUT2D eigenvalue weighted by Gasteiger charge is -2.39. The lowest BCUT2D eigenvalue weighted by molar-refractivity contribution is 0.0273. The number of amides is 2. The van der Waals surface area contributed by atoms with E-state index in [1.54, 1.807) is 13.0 Å². The number of benzene rings is 1. The van der Waals surface area contributed by atoms with Gasteiger partial charge in [-0.2, -0.15) is 0 Å². The quantitative estimate of drug-likeness (QED) is 0.230. The van der Waals surface area contributed by atoms with Crippen LogP contribution in [0.1, 0.15) is 60.8 Å². The summed E-state index contributed by atoms with van der Waals surface area (Å²) >= 11 is 1.98. The Balaban J connectivity index is 2.46. The minimum absolute atomic E-state index is 0.0772. The summed E-state index contributed by atoms with van der Waals surface area (Å²) in [6.45, 7) is 9.38. The van der Waals surface area contributed by atoms with Gasteiger partial charge < -0.3 is 10.0 Å². The molecular formula is C20H25BFIN4O4. The Bertz CT molecular complexity index is 964. The van der Waals surface area contributed by atoms with Crippen LogP contribution in [0.2, 0.25) is 0 Å². The maximum atomic E-state index is 14.4. The number of nitrogens with one attached hydrogen (secondary N) is 1. The van der Waals surface area contributed by atoms with Crippen molar-refractivity contribution in [3.8, 4) is 0 Å². The van der Waals surface area contributed by atoms with Crippen molar-refractivity contribution in [2.75, 3.05) is 0 Å². The van der Waals surface area contributed by atoms with Crippen LogP contribution >= 0.6 is 22.6 Å². The highest BCUT2D eigenvalue weighted by Gasteiger charge is 2.36. The van der Waals surface area contributed by atoms with E-state index in [1.165, 1.54) is 6.07 Å². The fourth-order valence-corrected chi connectivity index (χ4v) is 3.91. The molecule has 166 valence electrons. The third kappa shape index (κ3) is 6.20. The number of carbonyl (C=O) groups is 2. The van der Waals surface area contributed by atoms with Gasteiger partial charge in [0.05, 0.1) is 11.6 Å². The molecule has 2 aromatic rings. The molecule has 0 aliphatic carbocycles.